The van der Waals surface area contributed by atoms with Gasteiger partial charge in [-0.2, -0.15) is 4.31 Å². The maximum absolute atomic E-state index is 12.4. The van der Waals surface area contributed by atoms with Crippen molar-refractivity contribution in [3.63, 3.8) is 0 Å². The molecule has 0 bridgehead atoms. The van der Waals surface area contributed by atoms with E-state index in [-0.39, 0.29) is 18.0 Å². The number of β-amino-alcohol motifs (C(OH)–C–C–N with tert-alkyl or cyclic N) is 2. The number of aryl methyl sites for hydroxylation is 1. The van der Waals surface area contributed by atoms with E-state index in [2.05, 4.69) is 15.9 Å². The quantitative estimate of drug-likeness (QED) is 0.824. The Morgan fingerprint density at radius 1 is 1.28 bits per heavy atom. The van der Waals surface area contributed by atoms with E-state index >= 15 is 0 Å². The molecule has 1 heterocycles. The van der Waals surface area contributed by atoms with Crippen molar-refractivity contribution >= 4 is 26.0 Å². The van der Waals surface area contributed by atoms with Crippen LogP contribution >= 0.6 is 15.9 Å². The number of sulfonamides is 1. The average Bonchev–Trinajstić information content (AvgIpc) is 2.63. The van der Waals surface area contributed by atoms with Crippen LogP contribution in [0, 0.1) is 6.92 Å². The minimum Gasteiger partial charge on any atom is -0.389 e. The van der Waals surface area contributed by atoms with Gasteiger partial charge < -0.3 is 10.2 Å². The van der Waals surface area contributed by atoms with Crippen LogP contribution in [-0.4, -0.2) is 48.2 Å². The maximum atomic E-state index is 12.4. The van der Waals surface area contributed by atoms with Crippen molar-refractivity contribution in [1.29, 1.82) is 0 Å². The van der Waals surface area contributed by atoms with Crippen molar-refractivity contribution in [2.45, 2.75) is 24.0 Å². The van der Waals surface area contributed by atoms with Crippen LogP contribution in [0.3, 0.4) is 0 Å². The minimum atomic E-state index is -3.67. The molecule has 1 saturated heterocycles. The summed E-state index contributed by atoms with van der Waals surface area (Å²) in [6, 6.07) is 5.00. The van der Waals surface area contributed by atoms with Gasteiger partial charge in [-0.15, -0.1) is 0 Å². The number of hydrogen-bond acceptors (Lipinski definition) is 4. The topological polar surface area (TPSA) is 77.8 Å². The molecule has 0 aromatic heterocycles. The molecule has 100 valence electrons. The van der Waals surface area contributed by atoms with Gasteiger partial charge in [-0.1, -0.05) is 22.0 Å². The third-order valence-electron chi connectivity index (χ3n) is 2.99. The van der Waals surface area contributed by atoms with Crippen LogP contribution < -0.4 is 0 Å². The van der Waals surface area contributed by atoms with E-state index < -0.39 is 22.2 Å². The Bertz CT molecular complexity index is 550. The molecule has 0 aliphatic carbocycles. The van der Waals surface area contributed by atoms with Crippen molar-refractivity contribution < 1.29 is 18.6 Å². The van der Waals surface area contributed by atoms with E-state index in [1.54, 1.807) is 19.1 Å². The lowest BCUT2D eigenvalue weighted by Crippen LogP contribution is -2.30. The highest BCUT2D eigenvalue weighted by molar-refractivity contribution is 9.10. The largest absolute Gasteiger partial charge is 0.389 e. The van der Waals surface area contributed by atoms with Crippen LogP contribution in [0.4, 0.5) is 0 Å². The number of rotatable bonds is 2. The number of hydrogen-bond donors (Lipinski definition) is 2. The molecule has 18 heavy (non-hydrogen) atoms. The lowest BCUT2D eigenvalue weighted by molar-refractivity contribution is 0.0572. The Labute approximate surface area is 114 Å². The Kier molecular flexibility index (Phi) is 3.80. The Hall–Kier alpha value is -0.470. The standard InChI is InChI=1S/C11H14BrNO4S/c1-7-2-3-8(12)4-11(7)18(16,17)13-5-9(14)10(15)6-13/h2-4,9-10,14-15H,5-6H2,1H3. The number of halogens is 1. The summed E-state index contributed by atoms with van der Waals surface area (Å²) in [5.74, 6) is 0. The molecule has 1 fully saturated rings. The second-order valence-corrected chi connectivity index (χ2v) is 7.19. The molecule has 5 nitrogen and oxygen atoms in total. The predicted molar refractivity (Wildman–Crippen MR) is 69.7 cm³/mol. The molecule has 1 aliphatic heterocycles. The van der Waals surface area contributed by atoms with Gasteiger partial charge in [0.15, 0.2) is 0 Å². The van der Waals surface area contributed by atoms with Crippen LogP contribution in [0.15, 0.2) is 27.6 Å². The molecule has 1 aromatic rings. The van der Waals surface area contributed by atoms with Crippen LogP contribution in [-0.2, 0) is 10.0 Å². The highest BCUT2D eigenvalue weighted by Gasteiger charge is 2.38. The van der Waals surface area contributed by atoms with Gasteiger partial charge in [-0.05, 0) is 24.6 Å². The minimum absolute atomic E-state index is 0.0740. The second kappa shape index (κ2) is 4.90. The maximum Gasteiger partial charge on any atom is 0.243 e. The van der Waals surface area contributed by atoms with Crippen LogP contribution in [0.2, 0.25) is 0 Å². The van der Waals surface area contributed by atoms with Crippen molar-refractivity contribution in [1.82, 2.24) is 4.31 Å². The number of nitrogens with zero attached hydrogens (tertiary/aromatic N) is 1. The Morgan fingerprint density at radius 3 is 2.39 bits per heavy atom. The van der Waals surface area contributed by atoms with E-state index in [0.29, 0.717) is 10.0 Å². The molecule has 7 heteroatoms. The second-order valence-electron chi connectivity index (χ2n) is 4.37. The molecule has 0 amide bonds. The highest BCUT2D eigenvalue weighted by Crippen LogP contribution is 2.26. The van der Waals surface area contributed by atoms with E-state index in [1.165, 1.54) is 6.07 Å². The van der Waals surface area contributed by atoms with Crippen molar-refractivity contribution in [3.05, 3.63) is 28.2 Å². The third kappa shape index (κ3) is 2.46. The molecule has 1 aliphatic rings. The first-order chi connectivity index (χ1) is 8.32. The summed E-state index contributed by atoms with van der Waals surface area (Å²) in [5.41, 5.74) is 0.633. The fourth-order valence-electron chi connectivity index (χ4n) is 1.92. The van der Waals surface area contributed by atoms with Gasteiger partial charge >= 0.3 is 0 Å². The Morgan fingerprint density at radius 2 is 1.83 bits per heavy atom. The predicted octanol–water partition coefficient (Wildman–Crippen LogP) is 0.484. The summed E-state index contributed by atoms with van der Waals surface area (Å²) >= 11 is 3.24. The van der Waals surface area contributed by atoms with Gasteiger partial charge in [0.25, 0.3) is 0 Å². The van der Waals surface area contributed by atoms with Gasteiger partial charge in [-0.25, -0.2) is 8.42 Å². The van der Waals surface area contributed by atoms with E-state index in [0.717, 1.165) is 4.31 Å². The normalized spacial score (nSPS) is 25.6. The molecule has 0 saturated carbocycles. The molecule has 1 aromatic carbocycles. The number of benzene rings is 1. The molecule has 2 N–H and O–H groups in total. The summed E-state index contributed by atoms with van der Waals surface area (Å²) in [4.78, 5) is 0.193. The lowest BCUT2D eigenvalue weighted by atomic mass is 10.2. The zero-order valence-electron chi connectivity index (χ0n) is 9.75. The zero-order valence-corrected chi connectivity index (χ0v) is 12.1. The molecular weight excluding hydrogens is 322 g/mol. The van der Waals surface area contributed by atoms with E-state index in [9.17, 15) is 18.6 Å². The van der Waals surface area contributed by atoms with Crippen molar-refractivity contribution in [3.8, 4) is 0 Å². The average molecular weight is 336 g/mol. The Balaban J connectivity index is 2.40. The van der Waals surface area contributed by atoms with Gasteiger partial charge in [-0.3, -0.25) is 0 Å². The number of aliphatic hydroxyl groups is 2. The molecule has 2 atom stereocenters. The summed E-state index contributed by atoms with van der Waals surface area (Å²) in [7, 11) is -3.67. The molecule has 2 unspecified atom stereocenters. The van der Waals surface area contributed by atoms with Gasteiger partial charge in [0, 0.05) is 17.6 Å². The number of aliphatic hydroxyl groups excluding tert-OH is 2. The molecule has 0 spiro atoms. The molecule has 2 rings (SSSR count). The monoisotopic (exact) mass is 335 g/mol. The fourth-order valence-corrected chi connectivity index (χ4v) is 4.16. The SMILES string of the molecule is Cc1ccc(Br)cc1S(=O)(=O)N1CC(O)C(O)C1. The smallest absolute Gasteiger partial charge is 0.243 e. The van der Waals surface area contributed by atoms with Gasteiger partial charge in [0.1, 0.15) is 0 Å². The molecular formula is C11H14BrNO4S. The summed E-state index contributed by atoms with van der Waals surface area (Å²) in [6.45, 7) is 1.56. The van der Waals surface area contributed by atoms with Crippen LogP contribution in [0.25, 0.3) is 0 Å². The van der Waals surface area contributed by atoms with Crippen LogP contribution in [0.1, 0.15) is 5.56 Å². The van der Waals surface area contributed by atoms with Crippen LogP contribution in [0.5, 0.6) is 0 Å². The summed E-state index contributed by atoms with van der Waals surface area (Å²) < 4.78 is 26.5. The first-order valence-electron chi connectivity index (χ1n) is 5.45. The first kappa shape index (κ1) is 14.0. The van der Waals surface area contributed by atoms with Gasteiger partial charge in [0.2, 0.25) is 10.0 Å². The van der Waals surface area contributed by atoms with Crippen molar-refractivity contribution in [2.75, 3.05) is 13.1 Å². The first-order valence-corrected chi connectivity index (χ1v) is 7.68. The van der Waals surface area contributed by atoms with Gasteiger partial charge in [0.05, 0.1) is 17.1 Å². The third-order valence-corrected chi connectivity index (χ3v) is 5.46. The van der Waals surface area contributed by atoms with E-state index in [4.69, 9.17) is 0 Å². The lowest BCUT2D eigenvalue weighted by Gasteiger charge is -2.17. The van der Waals surface area contributed by atoms with E-state index in [1.807, 2.05) is 0 Å². The summed E-state index contributed by atoms with van der Waals surface area (Å²) in [5, 5.41) is 18.9. The fraction of sp³-hybridized carbons (Fsp3) is 0.455. The van der Waals surface area contributed by atoms with Crippen molar-refractivity contribution in [2.24, 2.45) is 0 Å². The summed E-state index contributed by atoms with van der Waals surface area (Å²) in [6.07, 6.45) is -2.04. The molecule has 0 radical (unpaired) electrons. The zero-order chi connectivity index (χ0) is 13.5. The highest BCUT2D eigenvalue weighted by atomic mass is 79.9.